The van der Waals surface area contributed by atoms with E-state index < -0.39 is 0 Å². The van der Waals surface area contributed by atoms with Crippen LogP contribution < -0.4 is 10.1 Å². The van der Waals surface area contributed by atoms with Gasteiger partial charge in [0.15, 0.2) is 5.69 Å². The quantitative estimate of drug-likeness (QED) is 0.889. The molecule has 6 nitrogen and oxygen atoms in total. The number of aromatic nitrogens is 2. The molecule has 1 saturated heterocycles. The Morgan fingerprint density at radius 3 is 2.85 bits per heavy atom. The van der Waals surface area contributed by atoms with Crippen LogP contribution in [0.2, 0.25) is 5.02 Å². The molecule has 0 aliphatic carbocycles. The summed E-state index contributed by atoms with van der Waals surface area (Å²) in [5.74, 6) is 0.321. The van der Waals surface area contributed by atoms with E-state index in [-0.39, 0.29) is 17.6 Å². The summed E-state index contributed by atoms with van der Waals surface area (Å²) in [4.78, 5) is 14.6. The maximum Gasteiger partial charge on any atom is 0.273 e. The van der Waals surface area contributed by atoms with Gasteiger partial charge in [-0.25, -0.2) is 4.68 Å². The van der Waals surface area contributed by atoms with Crippen molar-refractivity contribution in [2.45, 2.75) is 31.8 Å². The van der Waals surface area contributed by atoms with Crippen LogP contribution in [-0.4, -0.2) is 53.4 Å². The first-order valence-corrected chi connectivity index (χ1v) is 7.41. The van der Waals surface area contributed by atoms with Gasteiger partial charge in [0.25, 0.3) is 5.91 Å². The van der Waals surface area contributed by atoms with Gasteiger partial charge in [-0.15, -0.1) is 0 Å². The molecule has 0 aromatic carbocycles. The molecule has 20 heavy (non-hydrogen) atoms. The van der Waals surface area contributed by atoms with Crippen LogP contribution in [0, 0.1) is 0 Å². The van der Waals surface area contributed by atoms with Gasteiger partial charge in [-0.1, -0.05) is 11.6 Å². The monoisotopic (exact) mass is 298 g/mol. The van der Waals surface area contributed by atoms with Gasteiger partial charge in [-0.05, 0) is 33.0 Å². The van der Waals surface area contributed by atoms with Gasteiger partial charge in [0, 0.05) is 19.0 Å². The van der Waals surface area contributed by atoms with Crippen LogP contribution >= 0.6 is 11.6 Å². The van der Waals surface area contributed by atoms with E-state index in [0.29, 0.717) is 17.5 Å². The fraction of sp³-hybridized carbons (Fsp3) is 0.692. The van der Waals surface area contributed by atoms with Gasteiger partial charge >= 0.3 is 0 Å². The number of rotatable bonds is 2. The van der Waals surface area contributed by atoms with Gasteiger partial charge < -0.3 is 15.0 Å². The largest absolute Gasteiger partial charge is 0.477 e. The molecule has 1 amide bonds. The topological polar surface area (TPSA) is 59.4 Å². The molecular weight excluding hydrogens is 280 g/mol. The Labute approximate surface area is 123 Å². The predicted octanol–water partition coefficient (Wildman–Crippen LogP) is 1.14. The molecule has 1 fully saturated rings. The maximum absolute atomic E-state index is 12.3. The number of hydrogen-bond donors (Lipinski definition) is 1. The summed E-state index contributed by atoms with van der Waals surface area (Å²) >= 11 is 6.20. The van der Waals surface area contributed by atoms with Crippen molar-refractivity contribution in [2.24, 2.45) is 0 Å². The minimum atomic E-state index is -0.199. The minimum Gasteiger partial charge on any atom is -0.477 e. The van der Waals surface area contributed by atoms with E-state index in [4.69, 9.17) is 16.3 Å². The standard InChI is InChI=1S/C13H19ClN4O2/c1-17-6-3-9(4-7-17)15-12(19)11-10(14)13-18(16-11)5-2-8-20-13/h9H,2-8H2,1H3,(H,15,19). The molecule has 0 radical (unpaired) electrons. The number of carbonyl (C=O) groups is 1. The zero-order valence-corrected chi connectivity index (χ0v) is 12.3. The molecule has 0 saturated carbocycles. The number of ether oxygens (including phenoxy) is 1. The number of hydrogen-bond acceptors (Lipinski definition) is 4. The summed E-state index contributed by atoms with van der Waals surface area (Å²) in [6, 6.07) is 0.203. The molecule has 1 aromatic heterocycles. The highest BCUT2D eigenvalue weighted by Crippen LogP contribution is 2.30. The third-order valence-electron chi connectivity index (χ3n) is 3.87. The zero-order chi connectivity index (χ0) is 14.1. The molecule has 2 aliphatic heterocycles. The van der Waals surface area contributed by atoms with Crippen LogP contribution in [0.3, 0.4) is 0 Å². The average molecular weight is 299 g/mol. The Balaban J connectivity index is 1.69. The number of fused-ring (bicyclic) bond motifs is 1. The fourth-order valence-corrected chi connectivity index (χ4v) is 2.92. The van der Waals surface area contributed by atoms with Crippen LogP contribution in [0.5, 0.6) is 5.88 Å². The second-order valence-corrected chi connectivity index (χ2v) is 5.82. The number of likely N-dealkylation sites (tertiary alicyclic amines) is 1. The first-order valence-electron chi connectivity index (χ1n) is 7.03. The lowest BCUT2D eigenvalue weighted by Gasteiger charge is -2.29. The van der Waals surface area contributed by atoms with Gasteiger partial charge in [0.1, 0.15) is 5.02 Å². The molecule has 7 heteroatoms. The first kappa shape index (κ1) is 13.7. The number of nitrogens with zero attached hydrogens (tertiary/aromatic N) is 3. The minimum absolute atomic E-state index is 0.199. The molecule has 3 rings (SSSR count). The third-order valence-corrected chi connectivity index (χ3v) is 4.21. The summed E-state index contributed by atoms with van der Waals surface area (Å²) < 4.78 is 7.15. The number of nitrogens with one attached hydrogen (secondary N) is 1. The lowest BCUT2D eigenvalue weighted by atomic mass is 10.1. The van der Waals surface area contributed by atoms with Crippen LogP contribution in [0.25, 0.3) is 0 Å². The second-order valence-electron chi connectivity index (χ2n) is 5.44. The summed E-state index contributed by atoms with van der Waals surface area (Å²) in [7, 11) is 2.09. The lowest BCUT2D eigenvalue weighted by Crippen LogP contribution is -2.43. The highest BCUT2D eigenvalue weighted by atomic mass is 35.5. The highest BCUT2D eigenvalue weighted by molar-refractivity contribution is 6.34. The number of aryl methyl sites for hydroxylation is 1. The molecule has 2 aliphatic rings. The number of amides is 1. The van der Waals surface area contributed by atoms with Crippen LogP contribution in [0.1, 0.15) is 29.8 Å². The fourth-order valence-electron chi connectivity index (χ4n) is 2.65. The van der Waals surface area contributed by atoms with Crippen molar-refractivity contribution < 1.29 is 9.53 Å². The van der Waals surface area contributed by atoms with E-state index in [1.54, 1.807) is 4.68 Å². The zero-order valence-electron chi connectivity index (χ0n) is 11.6. The van der Waals surface area contributed by atoms with E-state index in [9.17, 15) is 4.79 Å². The predicted molar refractivity (Wildman–Crippen MR) is 75.3 cm³/mol. The smallest absolute Gasteiger partial charge is 0.273 e. The third kappa shape index (κ3) is 2.62. The van der Waals surface area contributed by atoms with Crippen molar-refractivity contribution in [3.63, 3.8) is 0 Å². The van der Waals surface area contributed by atoms with Crippen LogP contribution in [0.15, 0.2) is 0 Å². The van der Waals surface area contributed by atoms with E-state index in [1.165, 1.54) is 0 Å². The van der Waals surface area contributed by atoms with E-state index in [0.717, 1.165) is 38.9 Å². The molecule has 3 heterocycles. The Morgan fingerprint density at radius 1 is 1.40 bits per heavy atom. The van der Waals surface area contributed by atoms with Crippen molar-refractivity contribution in [3.05, 3.63) is 10.7 Å². The normalized spacial score (nSPS) is 20.3. The van der Waals surface area contributed by atoms with Gasteiger partial charge in [0.05, 0.1) is 6.61 Å². The number of carbonyl (C=O) groups excluding carboxylic acids is 1. The molecule has 0 spiro atoms. The SMILES string of the molecule is CN1CCC(NC(=O)c2nn3c(c2Cl)OCCC3)CC1. The van der Waals surface area contributed by atoms with Crippen molar-refractivity contribution in [1.29, 1.82) is 0 Å². The molecule has 1 N–H and O–H groups in total. The van der Waals surface area contributed by atoms with Crippen molar-refractivity contribution in [3.8, 4) is 5.88 Å². The number of piperidine rings is 1. The second kappa shape index (κ2) is 5.61. The van der Waals surface area contributed by atoms with Gasteiger partial charge in [0.2, 0.25) is 5.88 Å². The average Bonchev–Trinajstić information content (AvgIpc) is 2.79. The van der Waals surface area contributed by atoms with Crippen LogP contribution in [-0.2, 0) is 6.54 Å². The Kier molecular flexibility index (Phi) is 3.85. The van der Waals surface area contributed by atoms with Crippen molar-refractivity contribution >= 4 is 17.5 Å². The van der Waals surface area contributed by atoms with Crippen molar-refractivity contribution in [1.82, 2.24) is 20.0 Å². The van der Waals surface area contributed by atoms with Gasteiger partial charge in [-0.3, -0.25) is 4.79 Å². The summed E-state index contributed by atoms with van der Waals surface area (Å²) in [6.07, 6.45) is 2.81. The Hall–Kier alpha value is -1.27. The van der Waals surface area contributed by atoms with E-state index >= 15 is 0 Å². The Morgan fingerprint density at radius 2 is 2.15 bits per heavy atom. The first-order chi connectivity index (χ1) is 9.65. The van der Waals surface area contributed by atoms with Crippen LogP contribution in [0.4, 0.5) is 0 Å². The van der Waals surface area contributed by atoms with E-state index in [2.05, 4.69) is 22.4 Å². The Bertz CT molecular complexity index is 509. The van der Waals surface area contributed by atoms with E-state index in [1.807, 2.05) is 0 Å². The summed E-state index contributed by atoms with van der Waals surface area (Å²) in [6.45, 7) is 3.38. The number of halogens is 1. The lowest BCUT2D eigenvalue weighted by molar-refractivity contribution is 0.0911. The molecule has 0 bridgehead atoms. The molecular formula is C13H19ClN4O2. The van der Waals surface area contributed by atoms with Crippen molar-refractivity contribution in [2.75, 3.05) is 26.7 Å². The molecule has 0 atom stereocenters. The summed E-state index contributed by atoms with van der Waals surface area (Å²) in [5, 5.41) is 7.62. The van der Waals surface area contributed by atoms with Gasteiger partial charge in [-0.2, -0.15) is 5.10 Å². The molecule has 110 valence electrons. The molecule has 1 aromatic rings. The summed E-state index contributed by atoms with van der Waals surface area (Å²) in [5.41, 5.74) is 0.280. The maximum atomic E-state index is 12.3. The highest BCUT2D eigenvalue weighted by Gasteiger charge is 2.27. The molecule has 0 unspecified atom stereocenters.